The molecular formula is C21H28N2O3. The fraction of sp³-hybridized carbons (Fsp3) is 0.524. The molecule has 0 aromatic heterocycles. The highest BCUT2D eigenvalue weighted by atomic mass is 16.5. The van der Waals surface area contributed by atoms with Crippen LogP contribution in [-0.2, 0) is 9.59 Å². The van der Waals surface area contributed by atoms with Gasteiger partial charge in [0.15, 0.2) is 0 Å². The van der Waals surface area contributed by atoms with Crippen molar-refractivity contribution in [2.24, 2.45) is 11.8 Å². The van der Waals surface area contributed by atoms with E-state index >= 15 is 0 Å². The van der Waals surface area contributed by atoms with Gasteiger partial charge >= 0.3 is 0 Å². The number of benzene rings is 1. The Kier molecular flexibility index (Phi) is 6.31. The summed E-state index contributed by atoms with van der Waals surface area (Å²) >= 11 is 0. The zero-order valence-electron chi connectivity index (χ0n) is 15.4. The molecule has 0 heterocycles. The largest absolute Gasteiger partial charge is 0.494 e. The van der Waals surface area contributed by atoms with Gasteiger partial charge in [-0.1, -0.05) is 11.6 Å². The number of anilines is 1. The Bertz CT molecular complexity index is 666. The van der Waals surface area contributed by atoms with Gasteiger partial charge in [-0.05, 0) is 69.7 Å². The molecule has 5 heteroatoms. The molecule has 0 radical (unpaired) electrons. The van der Waals surface area contributed by atoms with Gasteiger partial charge in [0.05, 0.1) is 18.4 Å². The summed E-state index contributed by atoms with van der Waals surface area (Å²) in [6.07, 6.45) is 8.74. The smallest absolute Gasteiger partial charge is 0.228 e. The highest BCUT2D eigenvalue weighted by molar-refractivity contribution is 5.99. The molecule has 140 valence electrons. The van der Waals surface area contributed by atoms with Crippen molar-refractivity contribution in [3.8, 4) is 5.75 Å². The molecular weight excluding hydrogens is 328 g/mol. The molecule has 1 aromatic rings. The topological polar surface area (TPSA) is 67.4 Å². The van der Waals surface area contributed by atoms with Crippen molar-refractivity contribution >= 4 is 17.5 Å². The first-order valence-electron chi connectivity index (χ1n) is 9.66. The number of carbonyl (C=O) groups excluding carboxylic acids is 2. The summed E-state index contributed by atoms with van der Waals surface area (Å²) in [5, 5.41) is 5.87. The maximum atomic E-state index is 12.3. The van der Waals surface area contributed by atoms with Crippen LogP contribution in [0.3, 0.4) is 0 Å². The number of rotatable bonds is 8. The average molecular weight is 356 g/mol. The molecule has 1 saturated carbocycles. The van der Waals surface area contributed by atoms with Gasteiger partial charge < -0.3 is 15.4 Å². The van der Waals surface area contributed by atoms with Crippen molar-refractivity contribution in [3.05, 3.63) is 35.9 Å². The van der Waals surface area contributed by atoms with Crippen molar-refractivity contribution in [2.45, 2.75) is 45.4 Å². The van der Waals surface area contributed by atoms with Crippen LogP contribution in [0.2, 0.25) is 0 Å². The van der Waals surface area contributed by atoms with Crippen LogP contribution in [0.25, 0.3) is 0 Å². The van der Waals surface area contributed by atoms with Gasteiger partial charge in [-0.15, -0.1) is 0 Å². The van der Waals surface area contributed by atoms with Crippen molar-refractivity contribution < 1.29 is 14.3 Å². The molecule has 0 bridgehead atoms. The first-order chi connectivity index (χ1) is 12.7. The minimum atomic E-state index is -0.213. The Balaban J connectivity index is 1.38. The summed E-state index contributed by atoms with van der Waals surface area (Å²) < 4.78 is 5.39. The molecule has 3 rings (SSSR count). The fourth-order valence-corrected chi connectivity index (χ4v) is 3.42. The van der Waals surface area contributed by atoms with E-state index in [1.54, 1.807) is 0 Å². The van der Waals surface area contributed by atoms with E-state index in [-0.39, 0.29) is 23.7 Å². The van der Waals surface area contributed by atoms with Gasteiger partial charge in [0, 0.05) is 12.2 Å². The van der Waals surface area contributed by atoms with Crippen LogP contribution < -0.4 is 15.4 Å². The normalized spacial score (nSPS) is 21.5. The average Bonchev–Trinajstić information content (AvgIpc) is 3.45. The lowest BCUT2D eigenvalue weighted by Gasteiger charge is -2.13. The molecule has 1 aromatic carbocycles. The highest BCUT2D eigenvalue weighted by Crippen LogP contribution is 2.39. The molecule has 0 aliphatic heterocycles. The molecule has 2 aliphatic rings. The number of hydrogen-bond donors (Lipinski definition) is 2. The van der Waals surface area contributed by atoms with Crippen molar-refractivity contribution in [1.82, 2.24) is 5.32 Å². The van der Waals surface area contributed by atoms with E-state index in [1.807, 2.05) is 31.2 Å². The molecule has 0 saturated heterocycles. The standard InChI is InChI=1S/C21H28N2O3/c1-2-26-17-10-8-16(9-11-17)23-21(25)19-14-18(19)20(24)22-13-12-15-6-4-3-5-7-15/h6,8-11,18-19H,2-5,7,12-14H2,1H3,(H,22,24)(H,23,25). The van der Waals surface area contributed by atoms with Crippen molar-refractivity contribution in [3.63, 3.8) is 0 Å². The predicted octanol–water partition coefficient (Wildman–Crippen LogP) is 3.67. The first kappa shape index (κ1) is 18.5. The number of hydrogen-bond acceptors (Lipinski definition) is 3. The highest BCUT2D eigenvalue weighted by Gasteiger charge is 2.47. The number of ether oxygens (including phenoxy) is 1. The van der Waals surface area contributed by atoms with E-state index in [4.69, 9.17) is 4.74 Å². The number of amides is 2. The minimum absolute atomic E-state index is 0.00764. The van der Waals surface area contributed by atoms with E-state index in [0.29, 0.717) is 19.6 Å². The van der Waals surface area contributed by atoms with Crippen LogP contribution >= 0.6 is 0 Å². The van der Waals surface area contributed by atoms with E-state index in [9.17, 15) is 9.59 Å². The Morgan fingerprint density at radius 3 is 2.58 bits per heavy atom. The van der Waals surface area contributed by atoms with Crippen molar-refractivity contribution in [1.29, 1.82) is 0 Å². The molecule has 2 amide bonds. The van der Waals surface area contributed by atoms with Crippen LogP contribution in [0, 0.1) is 11.8 Å². The van der Waals surface area contributed by atoms with Crippen LogP contribution in [0.15, 0.2) is 35.9 Å². The summed E-state index contributed by atoms with van der Waals surface area (Å²) in [5.74, 6) is 0.313. The lowest BCUT2D eigenvalue weighted by molar-refractivity contribution is -0.125. The van der Waals surface area contributed by atoms with Gasteiger partial charge in [0.25, 0.3) is 0 Å². The molecule has 2 aliphatic carbocycles. The Morgan fingerprint density at radius 2 is 1.88 bits per heavy atom. The second kappa shape index (κ2) is 8.88. The quantitative estimate of drug-likeness (QED) is 0.699. The van der Waals surface area contributed by atoms with Crippen LogP contribution in [0.5, 0.6) is 5.75 Å². The zero-order valence-corrected chi connectivity index (χ0v) is 15.4. The first-order valence-corrected chi connectivity index (χ1v) is 9.66. The van der Waals surface area contributed by atoms with E-state index in [2.05, 4.69) is 16.7 Å². The van der Waals surface area contributed by atoms with Crippen LogP contribution in [0.1, 0.15) is 45.4 Å². The Hall–Kier alpha value is -2.30. The second-order valence-electron chi connectivity index (χ2n) is 7.04. The molecule has 2 atom stereocenters. The zero-order chi connectivity index (χ0) is 18.4. The monoisotopic (exact) mass is 356 g/mol. The minimum Gasteiger partial charge on any atom is -0.494 e. The maximum absolute atomic E-state index is 12.3. The molecule has 26 heavy (non-hydrogen) atoms. The molecule has 0 spiro atoms. The van der Waals surface area contributed by atoms with Gasteiger partial charge in [-0.25, -0.2) is 0 Å². The third-order valence-electron chi connectivity index (χ3n) is 5.03. The van der Waals surface area contributed by atoms with E-state index in [1.165, 1.54) is 24.8 Å². The van der Waals surface area contributed by atoms with E-state index < -0.39 is 0 Å². The summed E-state index contributed by atoms with van der Waals surface area (Å²) in [6, 6.07) is 7.29. The molecule has 2 unspecified atom stereocenters. The fourth-order valence-electron chi connectivity index (χ4n) is 3.42. The Labute approximate surface area is 155 Å². The van der Waals surface area contributed by atoms with E-state index in [0.717, 1.165) is 24.3 Å². The third-order valence-corrected chi connectivity index (χ3v) is 5.03. The van der Waals surface area contributed by atoms with Gasteiger partial charge in [0.2, 0.25) is 11.8 Å². The van der Waals surface area contributed by atoms with Gasteiger partial charge in [-0.2, -0.15) is 0 Å². The molecule has 2 N–H and O–H groups in total. The lowest BCUT2D eigenvalue weighted by atomic mass is 9.97. The van der Waals surface area contributed by atoms with Gasteiger partial charge in [-0.3, -0.25) is 9.59 Å². The molecule has 1 fully saturated rings. The van der Waals surface area contributed by atoms with Gasteiger partial charge in [0.1, 0.15) is 5.75 Å². The van der Waals surface area contributed by atoms with Crippen molar-refractivity contribution in [2.75, 3.05) is 18.5 Å². The molecule has 5 nitrogen and oxygen atoms in total. The number of allylic oxidation sites excluding steroid dienone is 1. The number of nitrogens with one attached hydrogen (secondary N) is 2. The summed E-state index contributed by atoms with van der Waals surface area (Å²) in [7, 11) is 0. The number of carbonyl (C=O) groups is 2. The lowest BCUT2D eigenvalue weighted by Crippen LogP contribution is -2.28. The van der Waals surface area contributed by atoms with Crippen LogP contribution in [-0.4, -0.2) is 25.0 Å². The second-order valence-corrected chi connectivity index (χ2v) is 7.04. The summed E-state index contributed by atoms with van der Waals surface area (Å²) in [6.45, 7) is 3.22. The predicted molar refractivity (Wildman–Crippen MR) is 102 cm³/mol. The Morgan fingerprint density at radius 1 is 1.12 bits per heavy atom. The third kappa shape index (κ3) is 5.10. The SMILES string of the molecule is CCOc1ccc(NC(=O)C2CC2C(=O)NCCC2=CCCCC2)cc1. The maximum Gasteiger partial charge on any atom is 0.228 e. The summed E-state index contributed by atoms with van der Waals surface area (Å²) in [4.78, 5) is 24.5. The van der Waals surface area contributed by atoms with Crippen LogP contribution in [0.4, 0.5) is 5.69 Å². The summed E-state index contributed by atoms with van der Waals surface area (Å²) in [5.41, 5.74) is 2.19.